The summed E-state index contributed by atoms with van der Waals surface area (Å²) in [5, 5.41) is 30.1. The molecule has 3 heteroatoms. The van der Waals surface area contributed by atoms with Gasteiger partial charge in [-0.2, -0.15) is 0 Å². The van der Waals surface area contributed by atoms with Crippen LogP contribution in [0.4, 0.5) is 0 Å². The van der Waals surface area contributed by atoms with E-state index in [1.165, 1.54) is 16.7 Å². The van der Waals surface area contributed by atoms with E-state index in [1.807, 2.05) is 38.1 Å². The Balaban J connectivity index is 1.98. The summed E-state index contributed by atoms with van der Waals surface area (Å²) in [7, 11) is 0. The predicted octanol–water partition coefficient (Wildman–Crippen LogP) is 6.06. The number of hydrogen-bond donors (Lipinski definition) is 3. The molecule has 1 aliphatic rings. The molecule has 0 saturated heterocycles. The van der Waals surface area contributed by atoms with Gasteiger partial charge in [0.2, 0.25) is 0 Å². The first-order valence-electron chi connectivity index (χ1n) is 10.3. The number of aromatic hydroxyl groups is 3. The van der Waals surface area contributed by atoms with E-state index >= 15 is 0 Å². The van der Waals surface area contributed by atoms with Crippen LogP contribution in [0.1, 0.15) is 59.4 Å². The summed E-state index contributed by atoms with van der Waals surface area (Å²) in [5.74, 6) is 1.13. The molecular formula is C26H28O3. The number of hydrogen-bond acceptors (Lipinski definition) is 3. The second-order valence-corrected chi connectivity index (χ2v) is 8.37. The molecule has 0 spiro atoms. The maximum atomic E-state index is 10.4. The van der Waals surface area contributed by atoms with Gasteiger partial charge >= 0.3 is 0 Å². The van der Waals surface area contributed by atoms with Crippen LogP contribution in [0.15, 0.2) is 60.7 Å². The average molecular weight is 389 g/mol. The van der Waals surface area contributed by atoms with E-state index < -0.39 is 0 Å². The Morgan fingerprint density at radius 3 is 1.86 bits per heavy atom. The second-order valence-electron chi connectivity index (χ2n) is 8.37. The maximum absolute atomic E-state index is 10.4. The highest BCUT2D eigenvalue weighted by molar-refractivity contribution is 5.52. The highest BCUT2D eigenvalue weighted by Gasteiger charge is 2.44. The molecule has 0 heterocycles. The molecule has 2 atom stereocenters. The molecule has 29 heavy (non-hydrogen) atoms. The molecule has 2 unspecified atom stereocenters. The third kappa shape index (κ3) is 3.35. The fraction of sp³-hybridized carbons (Fsp3) is 0.308. The highest BCUT2D eigenvalue weighted by atomic mass is 16.3. The van der Waals surface area contributed by atoms with Gasteiger partial charge in [-0.3, -0.25) is 0 Å². The molecule has 1 fully saturated rings. The lowest BCUT2D eigenvalue weighted by atomic mass is 9.57. The zero-order valence-corrected chi connectivity index (χ0v) is 17.0. The van der Waals surface area contributed by atoms with Crippen LogP contribution in [0.2, 0.25) is 0 Å². The molecule has 3 aromatic rings. The van der Waals surface area contributed by atoms with Gasteiger partial charge in [0.1, 0.15) is 17.2 Å². The fourth-order valence-corrected chi connectivity index (χ4v) is 5.16. The summed E-state index contributed by atoms with van der Waals surface area (Å²) in [4.78, 5) is 0. The minimum atomic E-state index is -0.258. The van der Waals surface area contributed by atoms with E-state index in [2.05, 4.69) is 12.1 Å². The fourth-order valence-electron chi connectivity index (χ4n) is 5.16. The minimum Gasteiger partial charge on any atom is -0.508 e. The number of aryl methyl sites for hydroxylation is 2. The van der Waals surface area contributed by atoms with E-state index in [4.69, 9.17) is 0 Å². The van der Waals surface area contributed by atoms with E-state index in [0.717, 1.165) is 36.8 Å². The van der Waals surface area contributed by atoms with Crippen LogP contribution in [0, 0.1) is 13.8 Å². The molecule has 0 aromatic heterocycles. The molecule has 0 amide bonds. The van der Waals surface area contributed by atoms with E-state index in [-0.39, 0.29) is 22.8 Å². The summed E-state index contributed by atoms with van der Waals surface area (Å²) in [6.07, 6.45) is 4.31. The van der Waals surface area contributed by atoms with Crippen molar-refractivity contribution < 1.29 is 15.3 Å². The Kier molecular flexibility index (Phi) is 4.99. The molecule has 1 saturated carbocycles. The van der Waals surface area contributed by atoms with Crippen LogP contribution in [0.25, 0.3) is 0 Å². The molecule has 4 rings (SSSR count). The third-order valence-corrected chi connectivity index (χ3v) is 6.59. The first kappa shape index (κ1) is 19.4. The average Bonchev–Trinajstić information content (AvgIpc) is 2.73. The largest absolute Gasteiger partial charge is 0.508 e. The van der Waals surface area contributed by atoms with Gasteiger partial charge in [-0.05, 0) is 84.7 Å². The molecular weight excluding hydrogens is 360 g/mol. The van der Waals surface area contributed by atoms with Crippen molar-refractivity contribution in [2.24, 2.45) is 0 Å². The van der Waals surface area contributed by atoms with Crippen molar-refractivity contribution >= 4 is 0 Å². The molecule has 0 aliphatic heterocycles. The first-order chi connectivity index (χ1) is 13.9. The van der Waals surface area contributed by atoms with Crippen LogP contribution >= 0.6 is 0 Å². The van der Waals surface area contributed by atoms with Gasteiger partial charge in [-0.25, -0.2) is 0 Å². The van der Waals surface area contributed by atoms with Crippen molar-refractivity contribution in [2.75, 3.05) is 0 Å². The smallest absolute Gasteiger partial charge is 0.121 e. The lowest BCUT2D eigenvalue weighted by molar-refractivity contribution is 0.294. The van der Waals surface area contributed by atoms with Crippen LogP contribution in [0.5, 0.6) is 17.2 Å². The quantitative estimate of drug-likeness (QED) is 0.511. The van der Waals surface area contributed by atoms with Gasteiger partial charge in [-0.15, -0.1) is 0 Å². The normalized spacial score (nSPS) is 21.8. The van der Waals surface area contributed by atoms with Crippen molar-refractivity contribution in [3.8, 4) is 17.2 Å². The molecule has 150 valence electrons. The van der Waals surface area contributed by atoms with Gasteiger partial charge < -0.3 is 15.3 Å². The zero-order valence-electron chi connectivity index (χ0n) is 17.0. The predicted molar refractivity (Wildman–Crippen MR) is 116 cm³/mol. The molecule has 0 radical (unpaired) electrons. The Hall–Kier alpha value is -2.94. The summed E-state index contributed by atoms with van der Waals surface area (Å²) in [5.41, 5.74) is 5.10. The van der Waals surface area contributed by atoms with Gasteiger partial charge in [0.05, 0.1) is 0 Å². The maximum Gasteiger partial charge on any atom is 0.121 e. The number of benzene rings is 3. The van der Waals surface area contributed by atoms with Gasteiger partial charge in [-0.1, -0.05) is 49.2 Å². The monoisotopic (exact) mass is 388 g/mol. The van der Waals surface area contributed by atoms with Crippen LogP contribution < -0.4 is 0 Å². The van der Waals surface area contributed by atoms with E-state index in [1.54, 1.807) is 24.3 Å². The van der Waals surface area contributed by atoms with Gasteiger partial charge in [0, 0.05) is 5.41 Å². The molecule has 3 nitrogen and oxygen atoms in total. The van der Waals surface area contributed by atoms with Crippen molar-refractivity contribution in [1.82, 2.24) is 0 Å². The minimum absolute atomic E-state index is 0.240. The Bertz CT molecular complexity index is 982. The standard InChI is InChI=1S/C26H28O3/c1-17-15-21(16-18(2)25(17)29)26(20-8-12-23(28)13-9-20)14-4-3-5-24(26)19-6-10-22(27)11-7-19/h6-13,15-16,24,27-29H,3-5,14H2,1-2H3. The SMILES string of the molecule is Cc1cc(C2(c3ccc(O)cc3)CCCCC2c2ccc(O)cc2)cc(C)c1O. The lowest BCUT2D eigenvalue weighted by Crippen LogP contribution is -2.38. The molecule has 3 aromatic carbocycles. The highest BCUT2D eigenvalue weighted by Crippen LogP contribution is 2.54. The van der Waals surface area contributed by atoms with Crippen molar-refractivity contribution in [3.05, 3.63) is 88.5 Å². The van der Waals surface area contributed by atoms with Crippen molar-refractivity contribution in [1.29, 1.82) is 0 Å². The lowest BCUT2D eigenvalue weighted by Gasteiger charge is -2.46. The Labute approximate surface area is 172 Å². The van der Waals surface area contributed by atoms with Gasteiger partial charge in [0.15, 0.2) is 0 Å². The molecule has 1 aliphatic carbocycles. The number of phenolic OH excluding ortho intramolecular Hbond substituents is 3. The zero-order chi connectivity index (χ0) is 20.6. The Morgan fingerprint density at radius 1 is 0.724 bits per heavy atom. The second kappa shape index (κ2) is 7.47. The van der Waals surface area contributed by atoms with Crippen molar-refractivity contribution in [3.63, 3.8) is 0 Å². The Morgan fingerprint density at radius 2 is 1.28 bits per heavy atom. The van der Waals surface area contributed by atoms with Crippen LogP contribution in [-0.2, 0) is 5.41 Å². The summed E-state index contributed by atoms with van der Waals surface area (Å²) in [6, 6.07) is 19.4. The summed E-state index contributed by atoms with van der Waals surface area (Å²) in [6.45, 7) is 3.91. The van der Waals surface area contributed by atoms with Crippen molar-refractivity contribution in [2.45, 2.75) is 50.9 Å². The summed E-state index contributed by atoms with van der Waals surface area (Å²) < 4.78 is 0. The molecule has 3 N–H and O–H groups in total. The number of phenols is 3. The van der Waals surface area contributed by atoms with Gasteiger partial charge in [0.25, 0.3) is 0 Å². The topological polar surface area (TPSA) is 60.7 Å². The summed E-state index contributed by atoms with van der Waals surface area (Å²) >= 11 is 0. The van der Waals surface area contributed by atoms with E-state index in [9.17, 15) is 15.3 Å². The molecule has 0 bridgehead atoms. The third-order valence-electron chi connectivity index (χ3n) is 6.59. The van der Waals surface area contributed by atoms with E-state index in [0.29, 0.717) is 5.75 Å². The van der Waals surface area contributed by atoms with Crippen LogP contribution in [-0.4, -0.2) is 15.3 Å². The van der Waals surface area contributed by atoms with Crippen LogP contribution in [0.3, 0.4) is 0 Å². The number of rotatable bonds is 3. The first-order valence-corrected chi connectivity index (χ1v) is 10.3.